The first-order valence-electron chi connectivity index (χ1n) is 6.20. The van der Waals surface area contributed by atoms with Crippen molar-refractivity contribution in [2.75, 3.05) is 5.75 Å². The second-order valence-electron chi connectivity index (χ2n) is 5.11. The molecule has 3 saturated heterocycles. The molecule has 3 N–H and O–H groups in total. The third-order valence-corrected chi connectivity index (χ3v) is 4.69. The molecule has 17 heavy (non-hydrogen) atoms. The fourth-order valence-corrected chi connectivity index (χ4v) is 3.78. The van der Waals surface area contributed by atoms with E-state index in [1.807, 2.05) is 0 Å². The van der Waals surface area contributed by atoms with E-state index >= 15 is 0 Å². The number of amides is 2. The molecular weight excluding hydrogens is 238 g/mol. The average Bonchev–Trinajstić information content (AvgIpc) is 2.85. The quantitative estimate of drug-likeness (QED) is 0.660. The summed E-state index contributed by atoms with van der Waals surface area (Å²) < 4.78 is 0. The number of carbonyl (C=O) groups is 2. The third-order valence-electron chi connectivity index (χ3n) is 3.81. The summed E-state index contributed by atoms with van der Waals surface area (Å²) in [5, 5.41) is 9.21. The van der Waals surface area contributed by atoms with Crippen LogP contribution < -0.4 is 16.0 Å². The van der Waals surface area contributed by atoms with Crippen LogP contribution in [0.15, 0.2) is 0 Å². The van der Waals surface area contributed by atoms with Crippen LogP contribution in [0.4, 0.5) is 4.79 Å². The highest BCUT2D eigenvalue weighted by molar-refractivity contribution is 8.14. The largest absolute Gasteiger partial charge is 0.351 e. The molecule has 3 fully saturated rings. The van der Waals surface area contributed by atoms with Crippen LogP contribution in [-0.2, 0) is 4.79 Å². The summed E-state index contributed by atoms with van der Waals surface area (Å²) in [6.45, 7) is 0. The van der Waals surface area contributed by atoms with Crippen molar-refractivity contribution in [1.29, 1.82) is 0 Å². The van der Waals surface area contributed by atoms with Crippen molar-refractivity contribution in [3.8, 4) is 0 Å². The van der Waals surface area contributed by atoms with E-state index in [4.69, 9.17) is 0 Å². The minimum atomic E-state index is -0.333. The molecule has 3 aliphatic rings. The van der Waals surface area contributed by atoms with Gasteiger partial charge in [0.15, 0.2) is 0 Å². The highest BCUT2D eigenvalue weighted by atomic mass is 32.2. The molecule has 0 aromatic heterocycles. The maximum absolute atomic E-state index is 11.9. The van der Waals surface area contributed by atoms with Crippen molar-refractivity contribution < 1.29 is 9.59 Å². The van der Waals surface area contributed by atoms with Crippen LogP contribution in [0.3, 0.4) is 0 Å². The van der Waals surface area contributed by atoms with Crippen molar-refractivity contribution in [3.63, 3.8) is 0 Å². The number of rotatable bonds is 2. The Balaban J connectivity index is 1.53. The molecule has 3 aliphatic heterocycles. The number of hydrogen-bond acceptors (Lipinski definition) is 4. The van der Waals surface area contributed by atoms with E-state index in [1.165, 1.54) is 24.6 Å². The second-order valence-corrected chi connectivity index (χ2v) is 6.10. The minimum Gasteiger partial charge on any atom is -0.351 e. The highest BCUT2D eigenvalue weighted by Gasteiger charge is 2.36. The Morgan fingerprint density at radius 2 is 2.00 bits per heavy atom. The molecule has 3 atom stereocenters. The lowest BCUT2D eigenvalue weighted by atomic mass is 9.99. The average molecular weight is 255 g/mol. The smallest absolute Gasteiger partial charge is 0.279 e. The van der Waals surface area contributed by atoms with Crippen LogP contribution in [0.5, 0.6) is 0 Å². The Labute approximate surface area is 104 Å². The van der Waals surface area contributed by atoms with Crippen LogP contribution in [0.25, 0.3) is 0 Å². The standard InChI is InChI=1S/C11H17N3O2S/c15-10(9-5-17-11(16)14-9)13-8-3-6-1-2-7(4-8)12-6/h6-9,12H,1-5H2,(H,13,15)(H,14,16)/t6?,7?,8?,9-/m0/s1. The Morgan fingerprint density at radius 1 is 1.29 bits per heavy atom. The molecule has 0 aliphatic carbocycles. The number of piperidine rings is 1. The molecule has 0 aromatic rings. The number of hydrogen-bond donors (Lipinski definition) is 3. The maximum atomic E-state index is 11.9. The summed E-state index contributed by atoms with van der Waals surface area (Å²) in [5.41, 5.74) is 0. The van der Waals surface area contributed by atoms with Crippen molar-refractivity contribution in [2.24, 2.45) is 0 Å². The summed E-state index contributed by atoms with van der Waals surface area (Å²) in [4.78, 5) is 23.0. The van der Waals surface area contributed by atoms with Gasteiger partial charge in [0.05, 0.1) is 0 Å². The lowest BCUT2D eigenvalue weighted by Crippen LogP contribution is -2.52. The van der Waals surface area contributed by atoms with Gasteiger partial charge in [-0.25, -0.2) is 0 Å². The zero-order valence-corrected chi connectivity index (χ0v) is 10.4. The SMILES string of the molecule is O=C1N[C@H](C(=O)NC2CC3CCC(C2)N3)CS1. The summed E-state index contributed by atoms with van der Waals surface area (Å²) in [6, 6.07) is 1.10. The predicted molar refractivity (Wildman–Crippen MR) is 65.9 cm³/mol. The van der Waals surface area contributed by atoms with E-state index in [1.54, 1.807) is 0 Å². The summed E-state index contributed by atoms with van der Waals surface area (Å²) in [7, 11) is 0. The minimum absolute atomic E-state index is 0.0188. The fraction of sp³-hybridized carbons (Fsp3) is 0.818. The first-order valence-corrected chi connectivity index (χ1v) is 7.19. The lowest BCUT2D eigenvalue weighted by Gasteiger charge is -2.30. The van der Waals surface area contributed by atoms with Crippen LogP contribution >= 0.6 is 11.8 Å². The lowest BCUT2D eigenvalue weighted by molar-refractivity contribution is -0.123. The Morgan fingerprint density at radius 3 is 2.59 bits per heavy atom. The molecule has 6 heteroatoms. The molecule has 5 nitrogen and oxygen atoms in total. The first-order chi connectivity index (χ1) is 8.20. The van der Waals surface area contributed by atoms with Crippen LogP contribution in [0, 0.1) is 0 Å². The maximum Gasteiger partial charge on any atom is 0.279 e. The molecule has 94 valence electrons. The summed E-state index contributed by atoms with van der Waals surface area (Å²) >= 11 is 1.19. The molecule has 2 bridgehead atoms. The van der Waals surface area contributed by atoms with Crippen molar-refractivity contribution in [1.82, 2.24) is 16.0 Å². The van der Waals surface area contributed by atoms with Crippen LogP contribution in [0.1, 0.15) is 25.7 Å². The Kier molecular flexibility index (Phi) is 3.00. The third kappa shape index (κ3) is 2.42. The van der Waals surface area contributed by atoms with Gasteiger partial charge in [0.2, 0.25) is 5.91 Å². The molecule has 0 aromatic carbocycles. The van der Waals surface area contributed by atoms with Gasteiger partial charge in [0.1, 0.15) is 6.04 Å². The molecule has 3 heterocycles. The molecule has 3 rings (SSSR count). The first kappa shape index (κ1) is 11.3. The summed E-state index contributed by atoms with van der Waals surface area (Å²) in [5.74, 6) is 0.539. The van der Waals surface area contributed by atoms with Crippen molar-refractivity contribution in [2.45, 2.75) is 49.9 Å². The Bertz CT molecular complexity index is 338. The van der Waals surface area contributed by atoms with E-state index in [9.17, 15) is 9.59 Å². The number of fused-ring (bicyclic) bond motifs is 2. The zero-order valence-electron chi connectivity index (χ0n) is 9.57. The fourth-order valence-electron chi connectivity index (χ4n) is 3.00. The van der Waals surface area contributed by atoms with E-state index in [-0.39, 0.29) is 23.2 Å². The van der Waals surface area contributed by atoms with Gasteiger partial charge in [-0.1, -0.05) is 11.8 Å². The molecule has 2 amide bonds. The van der Waals surface area contributed by atoms with Crippen molar-refractivity contribution in [3.05, 3.63) is 0 Å². The summed E-state index contributed by atoms with van der Waals surface area (Å²) in [6.07, 6.45) is 4.51. The predicted octanol–water partition coefficient (Wildman–Crippen LogP) is 0.211. The molecule has 2 unspecified atom stereocenters. The number of carbonyl (C=O) groups excluding carboxylic acids is 2. The molecular formula is C11H17N3O2S. The van der Waals surface area contributed by atoms with Gasteiger partial charge in [-0.3, -0.25) is 9.59 Å². The van der Waals surface area contributed by atoms with Gasteiger partial charge in [0.25, 0.3) is 5.24 Å². The molecule has 0 saturated carbocycles. The van der Waals surface area contributed by atoms with Crippen LogP contribution in [-0.4, -0.2) is 41.1 Å². The van der Waals surface area contributed by atoms with E-state index in [0.717, 1.165) is 12.8 Å². The van der Waals surface area contributed by atoms with Crippen molar-refractivity contribution >= 4 is 22.9 Å². The topological polar surface area (TPSA) is 70.2 Å². The number of thioether (sulfide) groups is 1. The Hall–Kier alpha value is -0.750. The zero-order chi connectivity index (χ0) is 11.8. The molecule has 0 spiro atoms. The second kappa shape index (κ2) is 4.49. The van der Waals surface area contributed by atoms with Crippen LogP contribution in [0.2, 0.25) is 0 Å². The van der Waals surface area contributed by atoms with Gasteiger partial charge in [-0.2, -0.15) is 0 Å². The van der Waals surface area contributed by atoms with E-state index < -0.39 is 0 Å². The van der Waals surface area contributed by atoms with Gasteiger partial charge >= 0.3 is 0 Å². The van der Waals surface area contributed by atoms with E-state index in [0.29, 0.717) is 17.8 Å². The highest BCUT2D eigenvalue weighted by Crippen LogP contribution is 2.27. The van der Waals surface area contributed by atoms with E-state index in [2.05, 4.69) is 16.0 Å². The van der Waals surface area contributed by atoms with Gasteiger partial charge in [0, 0.05) is 23.9 Å². The van der Waals surface area contributed by atoms with Gasteiger partial charge < -0.3 is 16.0 Å². The number of nitrogens with one attached hydrogen (secondary N) is 3. The monoisotopic (exact) mass is 255 g/mol. The normalized spacial score (nSPS) is 40.1. The van der Waals surface area contributed by atoms with Gasteiger partial charge in [-0.05, 0) is 25.7 Å². The molecule has 0 radical (unpaired) electrons. The van der Waals surface area contributed by atoms with Gasteiger partial charge in [-0.15, -0.1) is 0 Å².